The van der Waals surface area contributed by atoms with Gasteiger partial charge in [-0.15, -0.1) is 0 Å². The van der Waals surface area contributed by atoms with Gasteiger partial charge in [0.25, 0.3) is 0 Å². The Morgan fingerprint density at radius 1 is 1.60 bits per heavy atom. The SMILES string of the molecule is NNc1ccnc(N)c1Cl. The molecule has 1 aromatic heterocycles. The summed E-state index contributed by atoms with van der Waals surface area (Å²) < 4.78 is 0. The second-order valence-electron chi connectivity index (χ2n) is 1.70. The van der Waals surface area contributed by atoms with Crippen LogP contribution in [0.2, 0.25) is 5.02 Å². The van der Waals surface area contributed by atoms with Crippen LogP contribution in [0.1, 0.15) is 0 Å². The molecule has 0 aliphatic heterocycles. The second kappa shape index (κ2) is 2.72. The normalized spacial score (nSPS) is 9.40. The third-order valence-electron chi connectivity index (χ3n) is 1.07. The van der Waals surface area contributed by atoms with E-state index in [-0.39, 0.29) is 5.82 Å². The first kappa shape index (κ1) is 7.11. The van der Waals surface area contributed by atoms with Gasteiger partial charge in [-0.1, -0.05) is 11.6 Å². The fraction of sp³-hybridized carbons (Fsp3) is 0. The van der Waals surface area contributed by atoms with Gasteiger partial charge in [0, 0.05) is 6.20 Å². The van der Waals surface area contributed by atoms with Gasteiger partial charge in [0.2, 0.25) is 0 Å². The van der Waals surface area contributed by atoms with E-state index in [0.717, 1.165) is 0 Å². The van der Waals surface area contributed by atoms with Crippen molar-refractivity contribution in [3.8, 4) is 0 Å². The lowest BCUT2D eigenvalue weighted by Crippen LogP contribution is -2.08. The molecule has 10 heavy (non-hydrogen) atoms. The Morgan fingerprint density at radius 3 is 2.80 bits per heavy atom. The largest absolute Gasteiger partial charge is 0.382 e. The monoisotopic (exact) mass is 158 g/mol. The molecule has 0 bridgehead atoms. The lowest BCUT2D eigenvalue weighted by molar-refractivity contribution is 1.29. The Kier molecular flexibility index (Phi) is 1.94. The van der Waals surface area contributed by atoms with Crippen molar-refractivity contribution in [3.63, 3.8) is 0 Å². The molecule has 0 amide bonds. The molecule has 0 atom stereocenters. The zero-order valence-corrected chi connectivity index (χ0v) is 5.89. The molecule has 1 aromatic rings. The topological polar surface area (TPSA) is 77.0 Å². The van der Waals surface area contributed by atoms with E-state index in [4.69, 9.17) is 23.2 Å². The molecular weight excluding hydrogens is 152 g/mol. The summed E-state index contributed by atoms with van der Waals surface area (Å²) in [4.78, 5) is 3.74. The van der Waals surface area contributed by atoms with Crippen LogP contribution < -0.4 is 17.0 Å². The van der Waals surface area contributed by atoms with Gasteiger partial charge >= 0.3 is 0 Å². The Hall–Kier alpha value is -1.00. The average molecular weight is 159 g/mol. The predicted octanol–water partition coefficient (Wildman–Crippen LogP) is 0.603. The minimum Gasteiger partial charge on any atom is -0.382 e. The van der Waals surface area contributed by atoms with E-state index in [2.05, 4.69) is 10.4 Å². The number of hydrogen-bond acceptors (Lipinski definition) is 4. The van der Waals surface area contributed by atoms with Crippen LogP contribution in [-0.2, 0) is 0 Å². The first-order valence-electron chi connectivity index (χ1n) is 2.62. The van der Waals surface area contributed by atoms with Crippen LogP contribution in [0.25, 0.3) is 0 Å². The van der Waals surface area contributed by atoms with E-state index in [1.807, 2.05) is 0 Å². The highest BCUT2D eigenvalue weighted by Gasteiger charge is 2.00. The minimum absolute atomic E-state index is 0.275. The van der Waals surface area contributed by atoms with E-state index in [1.54, 1.807) is 6.07 Å². The number of nitrogen functional groups attached to an aromatic ring is 2. The fourth-order valence-corrected chi connectivity index (χ4v) is 0.738. The van der Waals surface area contributed by atoms with Crippen molar-refractivity contribution in [2.75, 3.05) is 11.2 Å². The fourth-order valence-electron chi connectivity index (χ4n) is 0.571. The third kappa shape index (κ3) is 1.12. The molecule has 0 aliphatic carbocycles. The number of hydrogen-bond donors (Lipinski definition) is 3. The van der Waals surface area contributed by atoms with Crippen molar-refractivity contribution in [3.05, 3.63) is 17.3 Å². The third-order valence-corrected chi connectivity index (χ3v) is 1.47. The predicted molar refractivity (Wildman–Crippen MR) is 41.5 cm³/mol. The first-order valence-corrected chi connectivity index (χ1v) is 3.00. The van der Waals surface area contributed by atoms with Gasteiger partial charge in [0.05, 0.1) is 5.69 Å². The van der Waals surface area contributed by atoms with Crippen LogP contribution in [0.5, 0.6) is 0 Å². The van der Waals surface area contributed by atoms with Gasteiger partial charge in [0.1, 0.15) is 10.8 Å². The number of nitrogens with zero attached hydrogens (tertiary/aromatic N) is 1. The molecule has 54 valence electrons. The smallest absolute Gasteiger partial charge is 0.144 e. The summed E-state index contributed by atoms with van der Waals surface area (Å²) in [5.41, 5.74) is 8.32. The molecule has 0 spiro atoms. The summed E-state index contributed by atoms with van der Waals surface area (Å²) >= 11 is 5.66. The van der Waals surface area contributed by atoms with Crippen molar-refractivity contribution in [2.45, 2.75) is 0 Å². The standard InChI is InChI=1S/C5H7ClN4/c6-4-3(10-8)1-2-9-5(4)7/h1-2H,8H2,(H3,7,9,10). The number of anilines is 2. The minimum atomic E-state index is 0.275. The molecule has 1 rings (SSSR count). The molecule has 0 radical (unpaired) electrons. The second-order valence-corrected chi connectivity index (χ2v) is 2.08. The molecule has 5 N–H and O–H groups in total. The maximum atomic E-state index is 5.66. The summed E-state index contributed by atoms with van der Waals surface area (Å²) in [6.45, 7) is 0. The maximum absolute atomic E-state index is 5.66. The number of rotatable bonds is 1. The average Bonchev–Trinajstić information content (AvgIpc) is 1.95. The molecular formula is C5H7ClN4. The lowest BCUT2D eigenvalue weighted by atomic mass is 10.4. The van der Waals surface area contributed by atoms with E-state index >= 15 is 0 Å². The number of halogens is 1. The summed E-state index contributed by atoms with van der Waals surface area (Å²) in [5.74, 6) is 5.38. The van der Waals surface area contributed by atoms with Gasteiger partial charge < -0.3 is 11.2 Å². The van der Waals surface area contributed by atoms with Crippen molar-refractivity contribution < 1.29 is 0 Å². The zero-order valence-electron chi connectivity index (χ0n) is 5.13. The molecule has 4 nitrogen and oxygen atoms in total. The van der Waals surface area contributed by atoms with Gasteiger partial charge in [-0.3, -0.25) is 5.84 Å². The van der Waals surface area contributed by atoms with E-state index in [9.17, 15) is 0 Å². The highest BCUT2D eigenvalue weighted by atomic mass is 35.5. The molecule has 0 saturated carbocycles. The van der Waals surface area contributed by atoms with Gasteiger partial charge in [-0.25, -0.2) is 4.98 Å². The molecule has 0 saturated heterocycles. The number of aromatic nitrogens is 1. The molecule has 5 heteroatoms. The molecule has 0 unspecified atom stereocenters. The van der Waals surface area contributed by atoms with Crippen LogP contribution in [0, 0.1) is 0 Å². The van der Waals surface area contributed by atoms with Crippen molar-refractivity contribution in [1.29, 1.82) is 0 Å². The Balaban J connectivity index is 3.14. The molecule has 0 fully saturated rings. The van der Waals surface area contributed by atoms with E-state index < -0.39 is 0 Å². The molecule has 1 heterocycles. The zero-order chi connectivity index (χ0) is 7.56. The van der Waals surface area contributed by atoms with E-state index in [0.29, 0.717) is 10.7 Å². The molecule has 0 aromatic carbocycles. The summed E-state index contributed by atoms with van der Waals surface area (Å²) in [7, 11) is 0. The maximum Gasteiger partial charge on any atom is 0.144 e. The van der Waals surface area contributed by atoms with Gasteiger partial charge in [0.15, 0.2) is 0 Å². The quantitative estimate of drug-likeness (QED) is 0.413. The van der Waals surface area contributed by atoms with Crippen LogP contribution >= 0.6 is 11.6 Å². The first-order chi connectivity index (χ1) is 4.75. The van der Waals surface area contributed by atoms with Gasteiger partial charge in [-0.2, -0.15) is 0 Å². The summed E-state index contributed by atoms with van der Waals surface area (Å²) in [6, 6.07) is 1.64. The van der Waals surface area contributed by atoms with Crippen molar-refractivity contribution in [1.82, 2.24) is 4.98 Å². The number of nitrogens with one attached hydrogen (secondary N) is 1. The number of nitrogens with two attached hydrogens (primary N) is 2. The van der Waals surface area contributed by atoms with Crippen LogP contribution in [0.15, 0.2) is 12.3 Å². The van der Waals surface area contributed by atoms with Crippen LogP contribution in [0.3, 0.4) is 0 Å². The van der Waals surface area contributed by atoms with E-state index in [1.165, 1.54) is 6.20 Å². The highest BCUT2D eigenvalue weighted by molar-refractivity contribution is 6.35. The summed E-state index contributed by atoms with van der Waals surface area (Å²) in [6.07, 6.45) is 1.52. The molecule has 0 aliphatic rings. The van der Waals surface area contributed by atoms with Crippen molar-refractivity contribution >= 4 is 23.1 Å². The Labute approximate surface area is 63.2 Å². The number of pyridine rings is 1. The Bertz CT molecular complexity index is 237. The summed E-state index contributed by atoms with van der Waals surface area (Å²) in [5, 5.41) is 0.352. The van der Waals surface area contributed by atoms with Crippen molar-refractivity contribution in [2.24, 2.45) is 5.84 Å². The highest BCUT2D eigenvalue weighted by Crippen LogP contribution is 2.24. The Morgan fingerprint density at radius 2 is 2.30 bits per heavy atom. The lowest BCUT2D eigenvalue weighted by Gasteiger charge is -2.02. The van der Waals surface area contributed by atoms with Gasteiger partial charge in [-0.05, 0) is 6.07 Å². The number of hydrazine groups is 1. The van der Waals surface area contributed by atoms with Crippen LogP contribution in [-0.4, -0.2) is 4.98 Å². The van der Waals surface area contributed by atoms with Crippen LogP contribution in [0.4, 0.5) is 11.5 Å².